The number of aryl methyl sites for hydroxylation is 1. The largest absolute Gasteiger partial charge is 0.433 e. The van der Waals surface area contributed by atoms with Crippen LogP contribution in [0, 0.1) is 6.92 Å². The van der Waals surface area contributed by atoms with E-state index in [1.54, 1.807) is 6.92 Å². The Balaban J connectivity index is 0.00000225. The van der Waals surface area contributed by atoms with Crippen molar-refractivity contribution in [2.24, 2.45) is 0 Å². The third kappa shape index (κ3) is 4.68. The number of carbonyl (C=O) groups is 1. The lowest BCUT2D eigenvalue weighted by atomic mass is 9.94. The number of amides is 1. The van der Waals surface area contributed by atoms with Gasteiger partial charge in [-0.1, -0.05) is 24.3 Å². The molecule has 1 aliphatic heterocycles. The molecule has 3 rings (SSSR count). The fraction of sp³-hybridized carbons (Fsp3) is 0.353. The smallest absolute Gasteiger partial charge is 0.387 e. The Morgan fingerprint density at radius 1 is 1.44 bits per heavy atom. The molecule has 0 bridgehead atoms. The van der Waals surface area contributed by atoms with Crippen LogP contribution in [-0.4, -0.2) is 25.6 Å². The highest BCUT2D eigenvalue weighted by Crippen LogP contribution is 2.30. The maximum Gasteiger partial charge on any atom is 0.387 e. The van der Waals surface area contributed by atoms with Gasteiger partial charge in [-0.05, 0) is 37.1 Å². The van der Waals surface area contributed by atoms with Crippen LogP contribution in [0.2, 0.25) is 0 Å². The molecule has 1 amide bonds. The number of hydrogen-bond acceptors (Lipinski definition) is 4. The van der Waals surface area contributed by atoms with Crippen molar-refractivity contribution in [3.8, 4) is 5.75 Å². The van der Waals surface area contributed by atoms with E-state index in [4.69, 9.17) is 0 Å². The normalized spacial score (nSPS) is 16.1. The molecule has 1 aliphatic rings. The van der Waals surface area contributed by atoms with Gasteiger partial charge in [-0.25, -0.2) is 0 Å². The quantitative estimate of drug-likeness (QED) is 0.821. The number of fused-ring (bicyclic) bond motifs is 1. The van der Waals surface area contributed by atoms with Crippen molar-refractivity contribution in [2.75, 3.05) is 13.1 Å². The number of benzene rings is 1. The number of rotatable bonds is 5. The minimum absolute atomic E-state index is 0. The van der Waals surface area contributed by atoms with Crippen molar-refractivity contribution < 1.29 is 18.3 Å². The highest BCUT2D eigenvalue weighted by Gasteiger charge is 2.22. The summed E-state index contributed by atoms with van der Waals surface area (Å²) in [6, 6.07) is 9.57. The summed E-state index contributed by atoms with van der Waals surface area (Å²) in [5.41, 5.74) is 2.43. The molecule has 0 aliphatic carbocycles. The van der Waals surface area contributed by atoms with E-state index in [0.29, 0.717) is 6.54 Å². The summed E-state index contributed by atoms with van der Waals surface area (Å²) in [6.07, 6.45) is 0.955. The predicted octanol–water partition coefficient (Wildman–Crippen LogP) is 3.70. The number of carbonyl (C=O) groups excluding carboxylic acids is 1. The van der Waals surface area contributed by atoms with Crippen molar-refractivity contribution in [3.05, 3.63) is 51.2 Å². The highest BCUT2D eigenvalue weighted by atomic mass is 35.5. The Bertz CT molecular complexity index is 739. The summed E-state index contributed by atoms with van der Waals surface area (Å²) >= 11 is 1.15. The summed E-state index contributed by atoms with van der Waals surface area (Å²) in [5, 5.41) is 6.19. The molecule has 0 saturated heterocycles. The lowest BCUT2D eigenvalue weighted by Crippen LogP contribution is -2.38. The van der Waals surface area contributed by atoms with E-state index in [1.165, 1.54) is 11.6 Å². The van der Waals surface area contributed by atoms with Gasteiger partial charge in [-0.3, -0.25) is 4.79 Å². The average Bonchev–Trinajstić information content (AvgIpc) is 2.92. The Morgan fingerprint density at radius 2 is 2.20 bits per heavy atom. The van der Waals surface area contributed by atoms with Gasteiger partial charge in [-0.2, -0.15) is 8.78 Å². The highest BCUT2D eigenvalue weighted by molar-refractivity contribution is 7.14. The van der Waals surface area contributed by atoms with E-state index in [2.05, 4.69) is 21.4 Å². The lowest BCUT2D eigenvalue weighted by molar-refractivity contribution is -0.0498. The molecule has 136 valence electrons. The minimum atomic E-state index is -2.95. The zero-order valence-corrected chi connectivity index (χ0v) is 15.2. The number of nitrogens with one attached hydrogen (secondary N) is 2. The molecule has 25 heavy (non-hydrogen) atoms. The third-order valence-electron chi connectivity index (χ3n) is 3.93. The Kier molecular flexibility index (Phi) is 6.75. The monoisotopic (exact) mass is 388 g/mol. The molecule has 0 fully saturated rings. The van der Waals surface area contributed by atoms with Gasteiger partial charge >= 0.3 is 6.61 Å². The summed E-state index contributed by atoms with van der Waals surface area (Å²) in [7, 11) is 0. The first kappa shape index (κ1) is 19.6. The summed E-state index contributed by atoms with van der Waals surface area (Å²) in [6.45, 7) is 0.0344. The summed E-state index contributed by atoms with van der Waals surface area (Å²) < 4.78 is 29.3. The second-order valence-electron chi connectivity index (χ2n) is 5.59. The molecule has 2 aromatic rings. The fourth-order valence-electron chi connectivity index (χ4n) is 2.88. The van der Waals surface area contributed by atoms with E-state index >= 15 is 0 Å². The molecule has 1 aromatic carbocycles. The summed E-state index contributed by atoms with van der Waals surface area (Å²) in [5.74, 6) is -0.462. The number of alkyl halides is 2. The minimum Gasteiger partial charge on any atom is -0.433 e. The molecular formula is C17H19ClF2N2O2S. The first-order valence-electron chi connectivity index (χ1n) is 7.69. The van der Waals surface area contributed by atoms with Crippen LogP contribution in [0.5, 0.6) is 5.75 Å². The van der Waals surface area contributed by atoms with Crippen LogP contribution in [0.25, 0.3) is 0 Å². The number of hydrogen-bond donors (Lipinski definition) is 2. The molecule has 1 aromatic heterocycles. The Labute approximate surface area is 155 Å². The molecule has 8 heteroatoms. The Morgan fingerprint density at radius 3 is 2.96 bits per heavy atom. The van der Waals surface area contributed by atoms with Gasteiger partial charge in [0.15, 0.2) is 0 Å². The van der Waals surface area contributed by atoms with Crippen molar-refractivity contribution in [1.82, 2.24) is 10.6 Å². The molecule has 2 heterocycles. The van der Waals surface area contributed by atoms with Gasteiger partial charge in [0.1, 0.15) is 10.6 Å². The van der Waals surface area contributed by atoms with Crippen LogP contribution < -0.4 is 15.4 Å². The van der Waals surface area contributed by atoms with Crippen molar-refractivity contribution >= 4 is 29.7 Å². The van der Waals surface area contributed by atoms with Crippen LogP contribution in [-0.2, 0) is 6.42 Å². The molecule has 4 nitrogen and oxygen atoms in total. The zero-order valence-electron chi connectivity index (χ0n) is 13.6. The first-order chi connectivity index (χ1) is 11.5. The number of halogens is 3. The van der Waals surface area contributed by atoms with E-state index in [-0.39, 0.29) is 29.1 Å². The predicted molar refractivity (Wildman–Crippen MR) is 96.2 cm³/mol. The van der Waals surface area contributed by atoms with E-state index in [9.17, 15) is 13.6 Å². The van der Waals surface area contributed by atoms with Gasteiger partial charge in [0.05, 0.1) is 0 Å². The van der Waals surface area contributed by atoms with Gasteiger partial charge in [-0.15, -0.1) is 23.7 Å². The van der Waals surface area contributed by atoms with E-state index < -0.39 is 12.5 Å². The van der Waals surface area contributed by atoms with Crippen molar-refractivity contribution in [3.63, 3.8) is 0 Å². The second kappa shape index (κ2) is 8.60. The maximum absolute atomic E-state index is 12.5. The topological polar surface area (TPSA) is 50.4 Å². The second-order valence-corrected chi connectivity index (χ2v) is 6.85. The van der Waals surface area contributed by atoms with Crippen LogP contribution in [0.4, 0.5) is 8.78 Å². The number of thiophene rings is 1. The molecule has 2 N–H and O–H groups in total. The van der Waals surface area contributed by atoms with Crippen molar-refractivity contribution in [2.45, 2.75) is 26.0 Å². The standard InChI is InChI=1S/C17H18F2N2O2S.ClH/c1-10-8-14(23-17(18)19)15(24-10)16(22)21-9-13-12-5-3-2-4-11(12)6-7-20-13;/h2-5,8,13,17,20H,6-7,9H2,1H3,(H,21,22);1H. The molecule has 1 atom stereocenters. The number of ether oxygens (including phenoxy) is 1. The van der Waals surface area contributed by atoms with Gasteiger partial charge in [0, 0.05) is 17.5 Å². The SMILES string of the molecule is Cc1cc(OC(F)F)c(C(=O)NCC2NCCc3ccccc32)s1.Cl. The third-order valence-corrected chi connectivity index (χ3v) is 4.96. The molecule has 0 saturated carbocycles. The van der Waals surface area contributed by atoms with Gasteiger partial charge in [0.2, 0.25) is 0 Å². The molecule has 0 spiro atoms. The van der Waals surface area contributed by atoms with Gasteiger partial charge in [0.25, 0.3) is 5.91 Å². The average molecular weight is 389 g/mol. The Hall–Kier alpha value is -1.70. The van der Waals surface area contributed by atoms with Gasteiger partial charge < -0.3 is 15.4 Å². The fourth-order valence-corrected chi connectivity index (χ4v) is 3.74. The maximum atomic E-state index is 12.5. The molecule has 0 radical (unpaired) electrons. The molecular weight excluding hydrogens is 370 g/mol. The zero-order chi connectivity index (χ0) is 17.1. The van der Waals surface area contributed by atoms with Crippen molar-refractivity contribution in [1.29, 1.82) is 0 Å². The van der Waals surface area contributed by atoms with Crippen LogP contribution in [0.3, 0.4) is 0 Å². The van der Waals surface area contributed by atoms with Crippen LogP contribution in [0.1, 0.15) is 31.7 Å². The molecule has 1 unspecified atom stereocenters. The first-order valence-corrected chi connectivity index (χ1v) is 8.51. The summed E-state index contributed by atoms with van der Waals surface area (Å²) in [4.78, 5) is 13.3. The van der Waals surface area contributed by atoms with E-state index in [0.717, 1.165) is 34.7 Å². The lowest BCUT2D eigenvalue weighted by Gasteiger charge is -2.27. The van der Waals surface area contributed by atoms with E-state index in [1.807, 2.05) is 18.2 Å². The van der Waals surface area contributed by atoms with Crippen LogP contribution in [0.15, 0.2) is 30.3 Å². The van der Waals surface area contributed by atoms with Crippen LogP contribution >= 0.6 is 23.7 Å².